The summed E-state index contributed by atoms with van der Waals surface area (Å²) in [5, 5.41) is 3.04. The Labute approximate surface area is 143 Å². The van der Waals surface area contributed by atoms with E-state index in [2.05, 4.69) is 30.2 Å². The van der Waals surface area contributed by atoms with Crippen molar-refractivity contribution in [2.45, 2.75) is 26.8 Å². The molecule has 3 rings (SSSR count). The third-order valence-corrected chi connectivity index (χ3v) is 3.66. The standard InChI is InChI=1S/C17H18N6O2/c1-10-14(16(25)21-11(2)20-10)7-13-8-15(24)23-17(22-13)19-9-12-5-3-4-6-18-12/h3-6,8H,7,9H2,1-2H3,(H,20,21,25)(H2,19,22,23,24). The lowest BCUT2D eigenvalue weighted by molar-refractivity contribution is 0.901. The normalized spacial score (nSPS) is 10.6. The smallest absolute Gasteiger partial charge is 0.254 e. The second kappa shape index (κ2) is 7.08. The van der Waals surface area contributed by atoms with Crippen LogP contribution in [0.3, 0.4) is 0 Å². The second-order valence-electron chi connectivity index (χ2n) is 5.65. The maximum absolute atomic E-state index is 12.1. The highest BCUT2D eigenvalue weighted by Crippen LogP contribution is 2.07. The molecule has 0 saturated heterocycles. The fraction of sp³-hybridized carbons (Fsp3) is 0.235. The zero-order valence-corrected chi connectivity index (χ0v) is 14.0. The first-order chi connectivity index (χ1) is 12.0. The van der Waals surface area contributed by atoms with Crippen LogP contribution < -0.4 is 16.4 Å². The Morgan fingerprint density at radius 3 is 2.64 bits per heavy atom. The number of hydrogen-bond acceptors (Lipinski definition) is 6. The summed E-state index contributed by atoms with van der Waals surface area (Å²) in [4.78, 5) is 42.1. The van der Waals surface area contributed by atoms with Crippen molar-refractivity contribution in [3.05, 3.63) is 79.6 Å². The van der Waals surface area contributed by atoms with Crippen LogP contribution in [0.4, 0.5) is 5.95 Å². The average molecular weight is 338 g/mol. The molecular formula is C17H18N6O2. The molecule has 3 N–H and O–H groups in total. The number of rotatable bonds is 5. The lowest BCUT2D eigenvalue weighted by atomic mass is 10.1. The molecule has 0 unspecified atom stereocenters. The van der Waals surface area contributed by atoms with Crippen LogP contribution in [0.2, 0.25) is 0 Å². The van der Waals surface area contributed by atoms with Crippen LogP contribution in [0, 0.1) is 13.8 Å². The molecule has 25 heavy (non-hydrogen) atoms. The molecule has 0 aliphatic rings. The first-order valence-electron chi connectivity index (χ1n) is 7.81. The molecule has 0 aromatic carbocycles. The van der Waals surface area contributed by atoms with E-state index in [0.29, 0.717) is 35.3 Å². The summed E-state index contributed by atoms with van der Waals surface area (Å²) in [7, 11) is 0. The van der Waals surface area contributed by atoms with Crippen LogP contribution >= 0.6 is 0 Å². The lowest BCUT2D eigenvalue weighted by Crippen LogP contribution is -2.20. The number of nitrogens with one attached hydrogen (secondary N) is 3. The Bertz CT molecular complexity index is 994. The van der Waals surface area contributed by atoms with Crippen molar-refractivity contribution >= 4 is 5.95 Å². The highest BCUT2D eigenvalue weighted by molar-refractivity contribution is 5.29. The monoisotopic (exact) mass is 338 g/mol. The van der Waals surface area contributed by atoms with E-state index in [1.54, 1.807) is 20.0 Å². The van der Waals surface area contributed by atoms with Gasteiger partial charge in [-0.15, -0.1) is 0 Å². The molecule has 0 atom stereocenters. The van der Waals surface area contributed by atoms with Crippen molar-refractivity contribution in [1.29, 1.82) is 0 Å². The first-order valence-corrected chi connectivity index (χ1v) is 7.81. The van der Waals surface area contributed by atoms with E-state index in [9.17, 15) is 9.59 Å². The number of hydrogen-bond donors (Lipinski definition) is 3. The van der Waals surface area contributed by atoms with Crippen LogP contribution in [0.15, 0.2) is 40.1 Å². The van der Waals surface area contributed by atoms with Gasteiger partial charge in [-0.25, -0.2) is 9.97 Å². The molecule has 0 saturated carbocycles. The quantitative estimate of drug-likeness (QED) is 0.641. The van der Waals surface area contributed by atoms with Crippen molar-refractivity contribution in [1.82, 2.24) is 24.9 Å². The zero-order chi connectivity index (χ0) is 17.8. The molecule has 3 aromatic heterocycles. The van der Waals surface area contributed by atoms with Crippen molar-refractivity contribution in [2.24, 2.45) is 0 Å². The van der Waals surface area contributed by atoms with E-state index in [-0.39, 0.29) is 17.5 Å². The van der Waals surface area contributed by atoms with Crippen molar-refractivity contribution in [3.63, 3.8) is 0 Å². The van der Waals surface area contributed by atoms with Gasteiger partial charge in [0.05, 0.1) is 17.9 Å². The predicted molar refractivity (Wildman–Crippen MR) is 93.6 cm³/mol. The van der Waals surface area contributed by atoms with Crippen molar-refractivity contribution in [2.75, 3.05) is 5.32 Å². The largest absolute Gasteiger partial charge is 0.350 e. The number of H-pyrrole nitrogens is 2. The molecule has 0 aliphatic carbocycles. The van der Waals surface area contributed by atoms with Gasteiger partial charge in [0.1, 0.15) is 5.82 Å². The molecule has 0 spiro atoms. The molecule has 8 nitrogen and oxygen atoms in total. The van der Waals surface area contributed by atoms with Gasteiger partial charge in [-0.2, -0.15) is 0 Å². The highest BCUT2D eigenvalue weighted by atomic mass is 16.1. The zero-order valence-electron chi connectivity index (χ0n) is 14.0. The Balaban J connectivity index is 1.82. The minimum absolute atomic E-state index is 0.213. The number of pyridine rings is 1. The van der Waals surface area contributed by atoms with Crippen LogP contribution in [-0.4, -0.2) is 24.9 Å². The van der Waals surface area contributed by atoms with Gasteiger partial charge in [0.25, 0.3) is 11.1 Å². The summed E-state index contributed by atoms with van der Waals surface area (Å²) in [5.74, 6) is 0.894. The molecule has 8 heteroatoms. The van der Waals surface area contributed by atoms with Gasteiger partial charge in [-0.3, -0.25) is 19.6 Å². The first kappa shape index (κ1) is 16.6. The molecule has 3 heterocycles. The van der Waals surface area contributed by atoms with Gasteiger partial charge < -0.3 is 10.3 Å². The average Bonchev–Trinajstić information content (AvgIpc) is 2.57. The molecular weight excluding hydrogens is 320 g/mol. The summed E-state index contributed by atoms with van der Waals surface area (Å²) in [6.45, 7) is 3.92. The molecule has 0 fully saturated rings. The number of aromatic nitrogens is 5. The predicted octanol–water partition coefficient (Wildman–Crippen LogP) is 1.07. The number of aryl methyl sites for hydroxylation is 2. The van der Waals surface area contributed by atoms with Crippen LogP contribution in [0.5, 0.6) is 0 Å². The van der Waals surface area contributed by atoms with Crippen LogP contribution in [-0.2, 0) is 13.0 Å². The molecule has 128 valence electrons. The van der Waals surface area contributed by atoms with Crippen molar-refractivity contribution < 1.29 is 0 Å². The van der Waals surface area contributed by atoms with E-state index in [4.69, 9.17) is 0 Å². The van der Waals surface area contributed by atoms with Crippen molar-refractivity contribution in [3.8, 4) is 0 Å². The van der Waals surface area contributed by atoms with E-state index >= 15 is 0 Å². The van der Waals surface area contributed by atoms with Crippen LogP contribution in [0.1, 0.15) is 28.5 Å². The van der Waals surface area contributed by atoms with Gasteiger partial charge in [0.2, 0.25) is 5.95 Å². The van der Waals surface area contributed by atoms with Gasteiger partial charge in [-0.05, 0) is 26.0 Å². The Hall–Kier alpha value is -3.29. The number of aromatic amines is 2. The van der Waals surface area contributed by atoms with Crippen LogP contribution in [0.25, 0.3) is 0 Å². The maximum Gasteiger partial charge on any atom is 0.254 e. The van der Waals surface area contributed by atoms with E-state index in [1.807, 2.05) is 18.2 Å². The minimum atomic E-state index is -0.289. The molecule has 0 radical (unpaired) electrons. The van der Waals surface area contributed by atoms with E-state index in [0.717, 1.165) is 5.69 Å². The molecule has 0 bridgehead atoms. The minimum Gasteiger partial charge on any atom is -0.350 e. The topological polar surface area (TPSA) is 116 Å². The van der Waals surface area contributed by atoms with Gasteiger partial charge in [0, 0.05) is 29.9 Å². The summed E-state index contributed by atoms with van der Waals surface area (Å²) >= 11 is 0. The fourth-order valence-electron chi connectivity index (χ4n) is 2.50. The SMILES string of the molecule is Cc1nc(C)c(Cc2cc(=O)[nH]c(NCc3ccccn3)n2)c(=O)[nH]1. The summed E-state index contributed by atoms with van der Waals surface area (Å²) < 4.78 is 0. The Morgan fingerprint density at radius 2 is 1.92 bits per heavy atom. The number of nitrogens with zero attached hydrogens (tertiary/aromatic N) is 3. The number of anilines is 1. The van der Waals surface area contributed by atoms with Gasteiger partial charge >= 0.3 is 0 Å². The van der Waals surface area contributed by atoms with E-state index < -0.39 is 0 Å². The van der Waals surface area contributed by atoms with E-state index in [1.165, 1.54) is 6.07 Å². The second-order valence-corrected chi connectivity index (χ2v) is 5.65. The molecule has 0 amide bonds. The summed E-state index contributed by atoms with van der Waals surface area (Å²) in [6, 6.07) is 6.97. The third kappa shape index (κ3) is 4.17. The lowest BCUT2D eigenvalue weighted by Gasteiger charge is -2.08. The summed E-state index contributed by atoms with van der Waals surface area (Å²) in [5.41, 5.74) is 1.94. The molecule has 3 aromatic rings. The third-order valence-electron chi connectivity index (χ3n) is 3.66. The highest BCUT2D eigenvalue weighted by Gasteiger charge is 2.10. The van der Waals surface area contributed by atoms with Gasteiger partial charge in [-0.1, -0.05) is 6.07 Å². The summed E-state index contributed by atoms with van der Waals surface area (Å²) in [6.07, 6.45) is 1.93. The Kier molecular flexibility index (Phi) is 4.69. The molecule has 0 aliphatic heterocycles. The Morgan fingerprint density at radius 1 is 1.08 bits per heavy atom. The fourth-order valence-corrected chi connectivity index (χ4v) is 2.50. The van der Waals surface area contributed by atoms with Gasteiger partial charge in [0.15, 0.2) is 0 Å². The maximum atomic E-state index is 12.1.